The number of carbonyl (C=O) groups is 1. The molecule has 1 aliphatic carbocycles. The highest BCUT2D eigenvalue weighted by molar-refractivity contribution is 6.70. The largest absolute Gasteiger partial charge is 0.545 e. The van der Waals surface area contributed by atoms with Crippen molar-refractivity contribution < 1.29 is 18.3 Å². The third-order valence-electron chi connectivity index (χ3n) is 2.50. The van der Waals surface area contributed by atoms with Crippen molar-refractivity contribution in [3.63, 3.8) is 0 Å². The van der Waals surface area contributed by atoms with Crippen molar-refractivity contribution in [1.82, 2.24) is 0 Å². The van der Waals surface area contributed by atoms with Gasteiger partial charge in [0.15, 0.2) is 0 Å². The first-order chi connectivity index (χ1) is 7.83. The molecule has 1 rings (SSSR count). The summed E-state index contributed by atoms with van der Waals surface area (Å²) >= 11 is 0. The molecule has 0 saturated heterocycles. The van der Waals surface area contributed by atoms with Crippen LogP contribution in [0.3, 0.4) is 0 Å². The average molecular weight is 260 g/mol. The summed E-state index contributed by atoms with van der Waals surface area (Å²) in [7, 11) is -1.76. The highest BCUT2D eigenvalue weighted by Crippen LogP contribution is 2.33. The quantitative estimate of drug-likeness (QED) is 0.574. The molecular formula is C12H21FO3Si. The van der Waals surface area contributed by atoms with Crippen LogP contribution in [0.2, 0.25) is 19.6 Å². The van der Waals surface area contributed by atoms with Crippen molar-refractivity contribution in [2.45, 2.75) is 45.8 Å². The Morgan fingerprint density at radius 1 is 1.47 bits per heavy atom. The van der Waals surface area contributed by atoms with Crippen molar-refractivity contribution >= 4 is 14.3 Å². The summed E-state index contributed by atoms with van der Waals surface area (Å²) < 4.78 is 24.4. The molecule has 1 unspecified atom stereocenters. The highest BCUT2D eigenvalue weighted by atomic mass is 28.4. The summed E-state index contributed by atoms with van der Waals surface area (Å²) in [6, 6.07) is 0. The van der Waals surface area contributed by atoms with Crippen molar-refractivity contribution in [2.24, 2.45) is 5.92 Å². The van der Waals surface area contributed by atoms with Crippen LogP contribution in [-0.4, -0.2) is 20.9 Å². The van der Waals surface area contributed by atoms with Gasteiger partial charge in [-0.2, -0.15) is 0 Å². The Morgan fingerprint density at radius 2 is 2.12 bits per heavy atom. The van der Waals surface area contributed by atoms with E-state index in [-0.39, 0.29) is 24.1 Å². The first kappa shape index (κ1) is 14.2. The van der Waals surface area contributed by atoms with Crippen LogP contribution in [0.4, 0.5) is 4.39 Å². The highest BCUT2D eigenvalue weighted by Gasteiger charge is 2.30. The third kappa shape index (κ3) is 4.50. The lowest BCUT2D eigenvalue weighted by Gasteiger charge is -2.27. The third-order valence-corrected chi connectivity index (χ3v) is 3.36. The van der Waals surface area contributed by atoms with E-state index in [1.807, 2.05) is 19.6 Å². The molecule has 0 aliphatic heterocycles. The first-order valence-corrected chi connectivity index (χ1v) is 9.47. The summed E-state index contributed by atoms with van der Waals surface area (Å²) in [5.41, 5.74) is 0. The second-order valence-corrected chi connectivity index (χ2v) is 9.66. The molecule has 1 atom stereocenters. The zero-order chi connectivity index (χ0) is 13.1. The molecule has 98 valence electrons. The SMILES string of the molecule is CCOC(=O)C1CCC(O[Si](C)(C)C)=C(F)C1. The second kappa shape index (κ2) is 5.66. The topological polar surface area (TPSA) is 35.5 Å². The number of esters is 1. The number of rotatable bonds is 4. The van der Waals surface area contributed by atoms with Crippen LogP contribution in [-0.2, 0) is 14.0 Å². The molecule has 0 N–H and O–H groups in total. The minimum absolute atomic E-state index is 0.124. The molecule has 17 heavy (non-hydrogen) atoms. The van der Waals surface area contributed by atoms with Gasteiger partial charge in [0.25, 0.3) is 0 Å². The van der Waals surface area contributed by atoms with E-state index in [0.717, 1.165) is 0 Å². The summed E-state index contributed by atoms with van der Waals surface area (Å²) in [6.45, 7) is 8.16. The van der Waals surface area contributed by atoms with Crippen molar-refractivity contribution in [3.05, 3.63) is 11.6 Å². The van der Waals surface area contributed by atoms with E-state index in [9.17, 15) is 9.18 Å². The van der Waals surface area contributed by atoms with Crippen LogP contribution in [0.5, 0.6) is 0 Å². The van der Waals surface area contributed by atoms with Gasteiger partial charge in [0, 0.05) is 12.8 Å². The number of allylic oxidation sites excluding steroid dienone is 2. The monoisotopic (exact) mass is 260 g/mol. The van der Waals surface area contributed by atoms with E-state index in [1.165, 1.54) is 0 Å². The van der Waals surface area contributed by atoms with E-state index >= 15 is 0 Å². The fourth-order valence-electron chi connectivity index (χ4n) is 1.81. The van der Waals surface area contributed by atoms with Crippen molar-refractivity contribution in [1.29, 1.82) is 0 Å². The molecule has 5 heteroatoms. The molecule has 1 aliphatic rings. The Balaban J connectivity index is 2.62. The van der Waals surface area contributed by atoms with E-state index in [2.05, 4.69) is 0 Å². The summed E-state index contributed by atoms with van der Waals surface area (Å²) in [5.74, 6) is -0.472. The van der Waals surface area contributed by atoms with Gasteiger partial charge in [-0.25, -0.2) is 4.39 Å². The summed E-state index contributed by atoms with van der Waals surface area (Å²) in [5, 5.41) is 0. The number of hydrogen-bond donors (Lipinski definition) is 0. The maximum atomic E-state index is 13.8. The molecule has 0 bridgehead atoms. The minimum atomic E-state index is -1.76. The molecule has 0 aromatic rings. The van der Waals surface area contributed by atoms with Gasteiger partial charge in [-0.1, -0.05) is 0 Å². The smallest absolute Gasteiger partial charge is 0.309 e. The summed E-state index contributed by atoms with van der Waals surface area (Å²) in [6.07, 6.45) is 1.24. The Bertz CT molecular complexity index is 320. The molecule has 0 heterocycles. The maximum Gasteiger partial charge on any atom is 0.309 e. The van der Waals surface area contributed by atoms with Gasteiger partial charge >= 0.3 is 5.97 Å². The first-order valence-electron chi connectivity index (χ1n) is 6.06. The van der Waals surface area contributed by atoms with Crippen LogP contribution < -0.4 is 0 Å². The predicted octanol–water partition coefficient (Wildman–Crippen LogP) is 3.38. The molecular weight excluding hydrogens is 239 g/mol. The number of carbonyl (C=O) groups excluding carboxylic acids is 1. The number of hydrogen-bond acceptors (Lipinski definition) is 3. The van der Waals surface area contributed by atoms with Gasteiger partial charge in [-0.15, -0.1) is 0 Å². The predicted molar refractivity (Wildman–Crippen MR) is 66.5 cm³/mol. The van der Waals surface area contributed by atoms with Crippen LogP contribution in [0.25, 0.3) is 0 Å². The minimum Gasteiger partial charge on any atom is -0.545 e. The Hall–Kier alpha value is -0.843. The second-order valence-electron chi connectivity index (χ2n) is 5.23. The van der Waals surface area contributed by atoms with Crippen molar-refractivity contribution in [3.8, 4) is 0 Å². The fraction of sp³-hybridized carbons (Fsp3) is 0.750. The Morgan fingerprint density at radius 3 is 2.59 bits per heavy atom. The lowest BCUT2D eigenvalue weighted by atomic mass is 9.92. The van der Waals surface area contributed by atoms with Gasteiger partial charge in [0.1, 0.15) is 11.6 Å². The zero-order valence-electron chi connectivity index (χ0n) is 11.0. The fourth-order valence-corrected chi connectivity index (χ4v) is 2.76. The molecule has 3 nitrogen and oxygen atoms in total. The van der Waals surface area contributed by atoms with Crippen LogP contribution in [0, 0.1) is 5.92 Å². The van der Waals surface area contributed by atoms with Gasteiger partial charge < -0.3 is 9.16 Å². The molecule has 0 aromatic heterocycles. The van der Waals surface area contributed by atoms with E-state index in [1.54, 1.807) is 6.92 Å². The zero-order valence-corrected chi connectivity index (χ0v) is 12.0. The maximum absolute atomic E-state index is 13.8. The van der Waals surface area contributed by atoms with E-state index in [4.69, 9.17) is 9.16 Å². The van der Waals surface area contributed by atoms with Gasteiger partial charge in [-0.3, -0.25) is 4.79 Å². The molecule has 0 radical (unpaired) electrons. The number of halogens is 1. The number of ether oxygens (including phenoxy) is 1. The normalized spacial score (nSPS) is 21.4. The lowest BCUT2D eigenvalue weighted by Crippen LogP contribution is -2.28. The van der Waals surface area contributed by atoms with Crippen LogP contribution in [0.1, 0.15) is 26.2 Å². The van der Waals surface area contributed by atoms with Gasteiger partial charge in [0.05, 0.1) is 12.5 Å². The Kier molecular flexibility index (Phi) is 4.74. The van der Waals surface area contributed by atoms with Gasteiger partial charge in [0.2, 0.25) is 8.32 Å². The van der Waals surface area contributed by atoms with Gasteiger partial charge in [-0.05, 0) is 33.0 Å². The van der Waals surface area contributed by atoms with E-state index in [0.29, 0.717) is 25.2 Å². The van der Waals surface area contributed by atoms with Crippen LogP contribution in [0.15, 0.2) is 11.6 Å². The van der Waals surface area contributed by atoms with Crippen LogP contribution >= 0.6 is 0 Å². The van der Waals surface area contributed by atoms with E-state index < -0.39 is 8.32 Å². The average Bonchev–Trinajstić information content (AvgIpc) is 2.19. The molecule has 0 amide bonds. The Labute approximate surface area is 103 Å². The van der Waals surface area contributed by atoms with Crippen molar-refractivity contribution in [2.75, 3.05) is 6.61 Å². The molecule has 0 saturated carbocycles. The molecule has 0 spiro atoms. The standard InChI is InChI=1S/C12H21FO3Si/c1-5-15-12(14)9-6-7-11(10(13)8-9)16-17(2,3)4/h9H,5-8H2,1-4H3. The summed E-state index contributed by atoms with van der Waals surface area (Å²) in [4.78, 5) is 11.5. The molecule has 0 aromatic carbocycles. The molecule has 0 fully saturated rings. The lowest BCUT2D eigenvalue weighted by molar-refractivity contribution is -0.148.